The highest BCUT2D eigenvalue weighted by Crippen LogP contribution is 2.16. The fourth-order valence-electron chi connectivity index (χ4n) is 1.70. The van der Waals surface area contributed by atoms with E-state index in [0.29, 0.717) is 10.6 Å². The number of nitro benzene ring substituents is 1. The van der Waals surface area contributed by atoms with E-state index in [0.717, 1.165) is 11.3 Å². The van der Waals surface area contributed by atoms with Gasteiger partial charge in [-0.05, 0) is 6.92 Å². The smallest absolute Gasteiger partial charge is 0.413 e. The van der Waals surface area contributed by atoms with Gasteiger partial charge in [-0.1, -0.05) is 23.5 Å². The number of anilines is 1. The molecule has 12 heteroatoms. The number of benzene rings is 1. The Morgan fingerprint density at radius 2 is 2.23 bits per heavy atom. The van der Waals surface area contributed by atoms with Crippen LogP contribution in [0.5, 0.6) is 0 Å². The molecule has 1 aromatic carbocycles. The van der Waals surface area contributed by atoms with Crippen molar-refractivity contribution in [2.45, 2.75) is 13.3 Å². The third-order valence-electron chi connectivity index (χ3n) is 2.75. The number of amides is 2. The third kappa shape index (κ3) is 5.90. The summed E-state index contributed by atoms with van der Waals surface area (Å²) in [5, 5.41) is 24.9. The summed E-state index contributed by atoms with van der Waals surface area (Å²) >= 11 is 1.03. The van der Waals surface area contributed by atoms with Crippen molar-refractivity contribution < 1.29 is 19.2 Å². The number of nitrogens with one attached hydrogen (secondary N) is 2. The summed E-state index contributed by atoms with van der Waals surface area (Å²) in [5.41, 5.74) is 2.68. The topological polar surface area (TPSA) is 149 Å². The maximum Gasteiger partial charge on any atom is 0.413 e. The Hall–Kier alpha value is -3.41. The van der Waals surface area contributed by atoms with Crippen molar-refractivity contribution in [3.63, 3.8) is 0 Å². The van der Waals surface area contributed by atoms with Crippen molar-refractivity contribution in [1.29, 1.82) is 0 Å². The van der Waals surface area contributed by atoms with Crippen molar-refractivity contribution in [1.82, 2.24) is 15.6 Å². The largest absolute Gasteiger partial charge is 0.450 e. The lowest BCUT2D eigenvalue weighted by atomic mass is 10.2. The third-order valence-corrected chi connectivity index (χ3v) is 3.59. The predicted molar refractivity (Wildman–Crippen MR) is 93.1 cm³/mol. The van der Waals surface area contributed by atoms with Gasteiger partial charge < -0.3 is 4.74 Å². The van der Waals surface area contributed by atoms with Crippen molar-refractivity contribution in [3.8, 4) is 0 Å². The van der Waals surface area contributed by atoms with Gasteiger partial charge in [-0.2, -0.15) is 5.10 Å². The summed E-state index contributed by atoms with van der Waals surface area (Å²) in [7, 11) is 0. The first-order chi connectivity index (χ1) is 12.5. The molecule has 0 atom stereocenters. The van der Waals surface area contributed by atoms with Crippen LogP contribution in [0.3, 0.4) is 0 Å². The highest BCUT2D eigenvalue weighted by Gasteiger charge is 2.11. The summed E-state index contributed by atoms with van der Waals surface area (Å²) < 4.78 is 4.70. The number of carbonyl (C=O) groups excluding carboxylic acids is 2. The molecule has 1 aromatic heterocycles. The van der Waals surface area contributed by atoms with Gasteiger partial charge in [0.2, 0.25) is 11.0 Å². The summed E-state index contributed by atoms with van der Waals surface area (Å²) in [6.07, 6.45) is 0.550. The van der Waals surface area contributed by atoms with Gasteiger partial charge >= 0.3 is 6.09 Å². The second-order valence-electron chi connectivity index (χ2n) is 4.67. The van der Waals surface area contributed by atoms with Crippen LogP contribution in [-0.2, 0) is 16.0 Å². The van der Waals surface area contributed by atoms with E-state index in [-0.39, 0.29) is 23.8 Å². The van der Waals surface area contributed by atoms with Crippen LogP contribution in [0.1, 0.15) is 17.5 Å². The van der Waals surface area contributed by atoms with Gasteiger partial charge in [-0.25, -0.2) is 10.2 Å². The maximum absolute atomic E-state index is 11.8. The van der Waals surface area contributed by atoms with Gasteiger partial charge in [0.15, 0.2) is 0 Å². The van der Waals surface area contributed by atoms with Crippen molar-refractivity contribution in [2.75, 3.05) is 11.9 Å². The maximum atomic E-state index is 11.8. The van der Waals surface area contributed by atoms with Gasteiger partial charge in [-0.15, -0.1) is 10.2 Å². The zero-order chi connectivity index (χ0) is 18.9. The van der Waals surface area contributed by atoms with Crippen LogP contribution in [0.15, 0.2) is 29.4 Å². The molecule has 1 heterocycles. The highest BCUT2D eigenvalue weighted by atomic mass is 32.1. The first-order valence-electron chi connectivity index (χ1n) is 7.30. The number of carbonyl (C=O) groups is 2. The van der Waals surface area contributed by atoms with Gasteiger partial charge in [0.05, 0.1) is 24.2 Å². The van der Waals surface area contributed by atoms with Crippen LogP contribution in [0.4, 0.5) is 15.6 Å². The van der Waals surface area contributed by atoms with Crippen LogP contribution < -0.4 is 10.7 Å². The minimum Gasteiger partial charge on any atom is -0.450 e. The van der Waals surface area contributed by atoms with Crippen molar-refractivity contribution >= 4 is 40.4 Å². The van der Waals surface area contributed by atoms with Crippen LogP contribution >= 0.6 is 11.3 Å². The first kappa shape index (κ1) is 18.9. The molecule has 0 saturated carbocycles. The number of hydrogen-bond donors (Lipinski definition) is 2. The molecule has 2 aromatic rings. The molecule has 11 nitrogen and oxygen atoms in total. The zero-order valence-electron chi connectivity index (χ0n) is 13.5. The molecule has 136 valence electrons. The normalized spacial score (nSPS) is 10.5. The Balaban J connectivity index is 1.85. The van der Waals surface area contributed by atoms with Gasteiger partial charge in [0.25, 0.3) is 5.69 Å². The Morgan fingerprint density at radius 3 is 2.96 bits per heavy atom. The van der Waals surface area contributed by atoms with Crippen LogP contribution in [0, 0.1) is 10.1 Å². The molecule has 0 saturated heterocycles. The number of non-ortho nitro benzene ring substituents is 1. The highest BCUT2D eigenvalue weighted by molar-refractivity contribution is 7.15. The average molecular weight is 378 g/mol. The number of rotatable bonds is 7. The molecule has 0 spiro atoms. The second kappa shape index (κ2) is 9.17. The van der Waals surface area contributed by atoms with E-state index in [2.05, 4.69) is 26.0 Å². The molecule has 0 bridgehead atoms. The van der Waals surface area contributed by atoms with E-state index in [1.807, 2.05) is 0 Å². The minimum atomic E-state index is -0.652. The minimum absolute atomic E-state index is 0.0734. The lowest BCUT2D eigenvalue weighted by Crippen LogP contribution is -2.19. The molecule has 0 radical (unpaired) electrons. The van der Waals surface area contributed by atoms with Crippen LogP contribution in [0.25, 0.3) is 0 Å². The van der Waals surface area contributed by atoms with Gasteiger partial charge in [0.1, 0.15) is 5.01 Å². The summed E-state index contributed by atoms with van der Waals surface area (Å²) in [6, 6.07) is 5.81. The quantitative estimate of drug-likeness (QED) is 0.423. The monoisotopic (exact) mass is 378 g/mol. The Labute approximate surface area is 151 Å². The standard InChI is InChI=1S/C14H14N6O5S/c1-2-25-14(22)16-13-19-18-12(26-13)7-11(21)17-15-8-9-4-3-5-10(6-9)20(23)24/h3-6,8H,2,7H2,1H3,(H,17,21)(H,16,19,22)/b15-8-. The predicted octanol–water partition coefficient (Wildman–Crippen LogP) is 1.71. The Bertz CT molecular complexity index is 837. The number of ether oxygens (including phenoxy) is 1. The lowest BCUT2D eigenvalue weighted by Gasteiger charge is -1.99. The van der Waals surface area contributed by atoms with E-state index < -0.39 is 16.9 Å². The number of nitro groups is 1. The van der Waals surface area contributed by atoms with Crippen LogP contribution in [0.2, 0.25) is 0 Å². The van der Waals surface area contributed by atoms with Crippen LogP contribution in [-0.4, -0.2) is 39.9 Å². The van der Waals surface area contributed by atoms with Crippen molar-refractivity contribution in [2.24, 2.45) is 5.10 Å². The van der Waals surface area contributed by atoms with Gasteiger partial charge in [-0.3, -0.25) is 20.2 Å². The molecule has 26 heavy (non-hydrogen) atoms. The number of hydrogen-bond acceptors (Lipinski definition) is 9. The average Bonchev–Trinajstić information content (AvgIpc) is 3.02. The summed E-state index contributed by atoms with van der Waals surface area (Å²) in [6.45, 7) is 1.89. The molecule has 2 N–H and O–H groups in total. The SMILES string of the molecule is CCOC(=O)Nc1nnc(CC(=O)N/N=C\c2cccc([N+](=O)[O-])c2)s1. The number of hydrazone groups is 1. The molecule has 2 rings (SSSR count). The molecule has 2 amide bonds. The number of nitrogens with zero attached hydrogens (tertiary/aromatic N) is 4. The first-order valence-corrected chi connectivity index (χ1v) is 8.12. The molecule has 0 unspecified atom stereocenters. The fraction of sp³-hybridized carbons (Fsp3) is 0.214. The van der Waals surface area contributed by atoms with E-state index in [1.54, 1.807) is 13.0 Å². The van der Waals surface area contributed by atoms with E-state index >= 15 is 0 Å². The molecule has 0 aliphatic rings. The fourth-order valence-corrected chi connectivity index (χ4v) is 2.43. The molecule has 0 aliphatic carbocycles. The molecular weight excluding hydrogens is 364 g/mol. The second-order valence-corrected chi connectivity index (χ2v) is 5.73. The van der Waals surface area contributed by atoms with Crippen molar-refractivity contribution in [3.05, 3.63) is 45.0 Å². The summed E-state index contributed by atoms with van der Waals surface area (Å²) in [5.74, 6) is -0.453. The van der Waals surface area contributed by atoms with E-state index in [9.17, 15) is 19.7 Å². The zero-order valence-corrected chi connectivity index (χ0v) is 14.4. The Kier molecular flexibility index (Phi) is 6.68. The lowest BCUT2D eigenvalue weighted by molar-refractivity contribution is -0.384. The van der Waals surface area contributed by atoms with Gasteiger partial charge in [0, 0.05) is 17.7 Å². The number of aromatic nitrogens is 2. The summed E-state index contributed by atoms with van der Waals surface area (Å²) in [4.78, 5) is 33.2. The molecule has 0 aliphatic heterocycles. The molecule has 0 fully saturated rings. The molecular formula is C14H14N6O5S. The Morgan fingerprint density at radius 1 is 1.42 bits per heavy atom. The van der Waals surface area contributed by atoms with E-state index in [1.165, 1.54) is 24.4 Å². The van der Waals surface area contributed by atoms with E-state index in [4.69, 9.17) is 4.74 Å².